The molecule has 0 saturated heterocycles. The molecule has 2 aromatic rings. The van der Waals surface area contributed by atoms with Crippen LogP contribution < -0.4 is 10.7 Å². The Bertz CT molecular complexity index is 1490. The minimum Gasteiger partial charge on any atom is -0.377 e. The molecule has 0 aromatic carbocycles. The highest BCUT2D eigenvalue weighted by molar-refractivity contribution is 6.39. The predicted molar refractivity (Wildman–Crippen MR) is 137 cm³/mol. The maximum Gasteiger partial charge on any atom is 0.181 e. The van der Waals surface area contributed by atoms with E-state index in [-0.39, 0.29) is 0 Å². The van der Waals surface area contributed by atoms with Gasteiger partial charge in [0.05, 0.1) is 17.1 Å². The van der Waals surface area contributed by atoms with Crippen LogP contribution >= 0.6 is 23.2 Å². The molecule has 2 aromatic heterocycles. The number of nitrogens with zero attached hydrogens (tertiary/aromatic N) is 3. The molecule has 8 bridgehead atoms. The first-order chi connectivity index (χ1) is 15.9. The van der Waals surface area contributed by atoms with Crippen molar-refractivity contribution >= 4 is 52.9 Å². The van der Waals surface area contributed by atoms with Gasteiger partial charge in [0, 0.05) is 35.7 Å². The third-order valence-corrected chi connectivity index (χ3v) is 7.46. The number of allylic oxidation sites excluding steroid dienone is 4. The molecule has 4 aliphatic rings. The van der Waals surface area contributed by atoms with E-state index < -0.39 is 9.87 Å². The summed E-state index contributed by atoms with van der Waals surface area (Å²) in [4.78, 5) is 16.2. The highest BCUT2D eigenvalue weighted by atomic mass is 35.5. The summed E-state index contributed by atoms with van der Waals surface area (Å²) in [6.45, 7) is 0.737. The molecular weight excluding hydrogens is 453 g/mol. The largest absolute Gasteiger partial charge is 0.377 e. The fourth-order valence-electron chi connectivity index (χ4n) is 4.44. The number of H-pyrrole nitrogens is 2. The molecule has 33 heavy (non-hydrogen) atoms. The van der Waals surface area contributed by atoms with E-state index >= 15 is 0 Å². The van der Waals surface area contributed by atoms with Crippen molar-refractivity contribution < 1.29 is 0 Å². The molecule has 164 valence electrons. The fraction of sp³-hybridized carbons (Fsp3) is 0.154. The number of hydrogen-bond donors (Lipinski definition) is 2. The lowest BCUT2D eigenvalue weighted by molar-refractivity contribution is 0.487. The van der Waals surface area contributed by atoms with Crippen LogP contribution in [0.25, 0.3) is 18.2 Å². The van der Waals surface area contributed by atoms with E-state index in [0.717, 1.165) is 51.3 Å². The van der Waals surface area contributed by atoms with Gasteiger partial charge in [0.15, 0.2) is 9.87 Å². The number of aliphatic imine (C=N–C) groups is 2. The smallest absolute Gasteiger partial charge is 0.181 e. The van der Waals surface area contributed by atoms with Crippen LogP contribution in [-0.2, 0) is 4.87 Å². The van der Waals surface area contributed by atoms with Gasteiger partial charge in [-0.25, -0.2) is 4.99 Å². The van der Waals surface area contributed by atoms with Gasteiger partial charge in [-0.05, 0) is 84.6 Å². The Morgan fingerprint density at radius 1 is 0.909 bits per heavy atom. The van der Waals surface area contributed by atoms with Gasteiger partial charge in [0.25, 0.3) is 0 Å². The standard InChI is InChI=1S/C26H21Cl2N5/c1-33-12-9-17(10-13-33)26(28)24-7-6-22(31-24)15-20-3-2-18(29-20)14-19-4-5-21(30-19)16-23-8-11-25(26,27)32-23/h2-12,14-16,30-31H,13H2,1H3. The molecule has 2 unspecified atom stereocenters. The molecule has 0 saturated carbocycles. The van der Waals surface area contributed by atoms with E-state index in [1.807, 2.05) is 86.1 Å². The zero-order valence-corrected chi connectivity index (χ0v) is 19.4. The van der Waals surface area contributed by atoms with Gasteiger partial charge in [-0.15, -0.1) is 11.6 Å². The molecule has 0 spiro atoms. The maximum absolute atomic E-state index is 7.50. The number of aromatic nitrogens is 2. The maximum atomic E-state index is 7.50. The van der Waals surface area contributed by atoms with Crippen molar-refractivity contribution in [2.24, 2.45) is 9.98 Å². The highest BCUT2D eigenvalue weighted by Gasteiger charge is 2.54. The van der Waals surface area contributed by atoms with Crippen molar-refractivity contribution in [1.29, 1.82) is 0 Å². The number of fused-ring (bicyclic) bond motifs is 6. The van der Waals surface area contributed by atoms with Gasteiger partial charge in [0.1, 0.15) is 0 Å². The van der Waals surface area contributed by atoms with Crippen molar-refractivity contribution in [1.82, 2.24) is 14.9 Å². The third kappa shape index (κ3) is 3.39. The summed E-state index contributed by atoms with van der Waals surface area (Å²) in [7, 11) is 2.02. The summed E-state index contributed by atoms with van der Waals surface area (Å²) in [6.07, 6.45) is 19.9. The second-order valence-corrected chi connectivity index (χ2v) is 9.68. The van der Waals surface area contributed by atoms with Crippen molar-refractivity contribution in [3.05, 3.63) is 100 Å². The van der Waals surface area contributed by atoms with Crippen LogP contribution in [0.3, 0.4) is 0 Å². The average molecular weight is 474 g/mol. The zero-order chi connectivity index (χ0) is 22.6. The van der Waals surface area contributed by atoms with Crippen molar-refractivity contribution in [2.75, 3.05) is 13.6 Å². The highest BCUT2D eigenvalue weighted by Crippen LogP contribution is 2.53. The number of likely N-dealkylation sites (N-methyl/N-ethyl adjacent to an activating group) is 1. The topological polar surface area (TPSA) is 59.5 Å². The van der Waals surface area contributed by atoms with Crippen LogP contribution in [0.1, 0.15) is 11.4 Å². The quantitative estimate of drug-likeness (QED) is 0.480. The van der Waals surface area contributed by atoms with Crippen molar-refractivity contribution in [2.45, 2.75) is 9.87 Å². The van der Waals surface area contributed by atoms with E-state index in [1.54, 1.807) is 0 Å². The van der Waals surface area contributed by atoms with Crippen LogP contribution in [0, 0.1) is 0 Å². The summed E-state index contributed by atoms with van der Waals surface area (Å²) in [5.74, 6) is 0. The Labute approximate surface area is 201 Å². The van der Waals surface area contributed by atoms with Gasteiger partial charge in [-0.3, -0.25) is 4.99 Å². The third-order valence-electron chi connectivity index (χ3n) is 6.16. The van der Waals surface area contributed by atoms with Crippen molar-refractivity contribution in [3.63, 3.8) is 0 Å². The van der Waals surface area contributed by atoms with Crippen LogP contribution in [-0.4, -0.2) is 44.9 Å². The molecular formula is C26H21Cl2N5. The normalized spacial score (nSPS) is 27.5. The number of halogens is 2. The number of rotatable bonds is 1. The Kier molecular flexibility index (Phi) is 4.54. The molecule has 4 aliphatic heterocycles. The Morgan fingerprint density at radius 3 is 2.52 bits per heavy atom. The molecule has 0 fully saturated rings. The Balaban J connectivity index is 1.59. The first-order valence-corrected chi connectivity index (χ1v) is 11.5. The molecule has 2 atom stereocenters. The number of aromatic amines is 2. The zero-order valence-electron chi connectivity index (χ0n) is 17.9. The van der Waals surface area contributed by atoms with Crippen molar-refractivity contribution in [3.8, 4) is 0 Å². The van der Waals surface area contributed by atoms with Gasteiger partial charge in [0.2, 0.25) is 0 Å². The molecule has 0 amide bonds. The molecule has 0 radical (unpaired) electrons. The minimum atomic E-state index is -1.21. The van der Waals surface area contributed by atoms with E-state index in [0.29, 0.717) is 0 Å². The van der Waals surface area contributed by atoms with Gasteiger partial charge < -0.3 is 14.9 Å². The SMILES string of the molecule is CN1C=CC(C2(Cl)c3ccc([nH]3)C=C3C=CC(=N3)C=c3ccc([nH]3)=CC3=NC2(Cl)C=C3)=CC1. The Morgan fingerprint density at radius 2 is 1.73 bits per heavy atom. The molecule has 0 aliphatic carbocycles. The first kappa shape index (κ1) is 20.3. The second-order valence-electron chi connectivity index (χ2n) is 8.54. The summed E-state index contributed by atoms with van der Waals surface area (Å²) < 4.78 is 0. The van der Waals surface area contributed by atoms with Gasteiger partial charge in [-0.2, -0.15) is 0 Å². The molecule has 7 heteroatoms. The lowest BCUT2D eigenvalue weighted by atomic mass is 9.85. The molecule has 2 N–H and O–H groups in total. The van der Waals surface area contributed by atoms with E-state index in [4.69, 9.17) is 33.2 Å². The molecule has 6 rings (SSSR count). The number of nitrogens with one attached hydrogen (secondary N) is 2. The van der Waals surface area contributed by atoms with E-state index in [1.165, 1.54) is 0 Å². The fourth-order valence-corrected chi connectivity index (χ4v) is 5.17. The van der Waals surface area contributed by atoms with E-state index in [9.17, 15) is 0 Å². The predicted octanol–water partition coefficient (Wildman–Crippen LogP) is 3.73. The average Bonchev–Trinajstić information content (AvgIpc) is 3.58. The summed E-state index contributed by atoms with van der Waals surface area (Å²) in [5, 5.41) is 1.89. The van der Waals surface area contributed by atoms with Crippen LogP contribution in [0.5, 0.6) is 0 Å². The lowest BCUT2D eigenvalue weighted by Gasteiger charge is -2.38. The Hall–Kier alpha value is -3.28. The van der Waals surface area contributed by atoms with Crippen LogP contribution in [0.15, 0.2) is 88.2 Å². The second kappa shape index (κ2) is 7.37. The van der Waals surface area contributed by atoms with Crippen LogP contribution in [0.2, 0.25) is 0 Å². The lowest BCUT2D eigenvalue weighted by Crippen LogP contribution is -2.42. The number of hydrogen-bond acceptors (Lipinski definition) is 3. The van der Waals surface area contributed by atoms with Gasteiger partial charge in [-0.1, -0.05) is 17.7 Å². The molecule has 6 heterocycles. The first-order valence-electron chi connectivity index (χ1n) is 10.7. The van der Waals surface area contributed by atoms with Gasteiger partial charge >= 0.3 is 0 Å². The van der Waals surface area contributed by atoms with E-state index in [2.05, 4.69) is 20.9 Å². The van der Waals surface area contributed by atoms with Crippen LogP contribution in [0.4, 0.5) is 0 Å². The summed E-state index contributed by atoms with van der Waals surface area (Å²) >= 11 is 14.7. The number of alkyl halides is 2. The summed E-state index contributed by atoms with van der Waals surface area (Å²) in [5.41, 5.74) is 5.06. The minimum absolute atomic E-state index is 0.737. The monoisotopic (exact) mass is 473 g/mol. The molecule has 5 nitrogen and oxygen atoms in total. The summed E-state index contributed by atoms with van der Waals surface area (Å²) in [6, 6.07) is 8.00.